The van der Waals surface area contributed by atoms with Gasteiger partial charge in [-0.2, -0.15) is 0 Å². The maximum Gasteiger partial charge on any atom is 0.267 e. The van der Waals surface area contributed by atoms with Crippen LogP contribution in [0, 0.1) is 0 Å². The molecule has 0 fully saturated rings. The van der Waals surface area contributed by atoms with Gasteiger partial charge in [-0.1, -0.05) is 48.5 Å². The Bertz CT molecular complexity index is 1460. The van der Waals surface area contributed by atoms with Crippen LogP contribution in [0.2, 0.25) is 0 Å². The van der Waals surface area contributed by atoms with E-state index in [-0.39, 0.29) is 17.9 Å². The largest absolute Gasteiger partial charge is 0.487 e. The first kappa shape index (κ1) is 21.5. The van der Waals surface area contributed by atoms with E-state index >= 15 is 0 Å². The van der Waals surface area contributed by atoms with Crippen LogP contribution in [0.3, 0.4) is 0 Å². The number of benzene rings is 3. The fraction of sp³-hybridized carbons (Fsp3) is 0.148. The number of rotatable bonds is 6. The highest BCUT2D eigenvalue weighted by Crippen LogP contribution is 2.34. The average Bonchev–Trinajstić information content (AvgIpc) is 3.30. The quantitative estimate of drug-likeness (QED) is 0.449. The Hall–Kier alpha value is -4.39. The second-order valence-corrected chi connectivity index (χ2v) is 8.17. The van der Waals surface area contributed by atoms with E-state index in [0.717, 1.165) is 23.2 Å². The molecule has 34 heavy (non-hydrogen) atoms. The molecule has 4 aromatic rings. The summed E-state index contributed by atoms with van der Waals surface area (Å²) < 4.78 is 7.65. The van der Waals surface area contributed by atoms with Crippen molar-refractivity contribution in [3.8, 4) is 5.75 Å². The summed E-state index contributed by atoms with van der Waals surface area (Å²) >= 11 is 0. The molecule has 1 N–H and O–H groups in total. The van der Waals surface area contributed by atoms with Gasteiger partial charge in [0.25, 0.3) is 11.5 Å². The monoisotopic (exact) mass is 453 g/mol. The van der Waals surface area contributed by atoms with Crippen LogP contribution >= 0.6 is 0 Å². The first-order valence-electron chi connectivity index (χ1n) is 11.0. The summed E-state index contributed by atoms with van der Waals surface area (Å²) in [5.41, 5.74) is 3.46. The third-order valence-corrected chi connectivity index (χ3v) is 6.15. The molecule has 7 nitrogen and oxygen atoms in total. The number of hydrogen-bond donors (Lipinski definition) is 1. The molecule has 0 bridgehead atoms. The number of para-hydroxylation sites is 1. The first-order valence-corrected chi connectivity index (χ1v) is 11.0. The summed E-state index contributed by atoms with van der Waals surface area (Å²) in [6.45, 7) is 0.676. The molecule has 2 heterocycles. The maximum absolute atomic E-state index is 13.8. The second kappa shape index (κ2) is 8.86. The van der Waals surface area contributed by atoms with E-state index in [4.69, 9.17) is 4.74 Å². The van der Waals surface area contributed by atoms with Gasteiger partial charge in [0.15, 0.2) is 0 Å². The van der Waals surface area contributed by atoms with Crippen LogP contribution in [0.5, 0.6) is 5.75 Å². The van der Waals surface area contributed by atoms with Crippen molar-refractivity contribution in [2.45, 2.75) is 13.0 Å². The van der Waals surface area contributed by atoms with Gasteiger partial charge < -0.3 is 19.5 Å². The van der Waals surface area contributed by atoms with Crippen LogP contribution in [-0.4, -0.2) is 23.4 Å². The second-order valence-electron chi connectivity index (χ2n) is 8.17. The van der Waals surface area contributed by atoms with E-state index < -0.39 is 11.5 Å². The molecule has 0 atom stereocenters. The van der Waals surface area contributed by atoms with E-state index in [1.54, 1.807) is 30.1 Å². The van der Waals surface area contributed by atoms with E-state index in [0.29, 0.717) is 29.5 Å². The Morgan fingerprint density at radius 2 is 1.82 bits per heavy atom. The van der Waals surface area contributed by atoms with Crippen molar-refractivity contribution in [2.75, 3.05) is 16.8 Å². The Kier molecular flexibility index (Phi) is 5.59. The van der Waals surface area contributed by atoms with Gasteiger partial charge in [0.1, 0.15) is 17.9 Å². The predicted molar refractivity (Wildman–Crippen MR) is 131 cm³/mol. The Morgan fingerprint density at radius 3 is 2.62 bits per heavy atom. The zero-order valence-electron chi connectivity index (χ0n) is 18.7. The number of carbonyl (C=O) groups is 2. The molecule has 0 saturated carbocycles. The lowest BCUT2D eigenvalue weighted by Gasteiger charge is -2.21. The molecule has 0 aliphatic carbocycles. The molecule has 2 amide bonds. The van der Waals surface area contributed by atoms with Crippen molar-refractivity contribution in [1.29, 1.82) is 0 Å². The molecule has 0 radical (unpaired) electrons. The van der Waals surface area contributed by atoms with Crippen LogP contribution in [0.4, 0.5) is 11.4 Å². The highest BCUT2D eigenvalue weighted by molar-refractivity contribution is 6.11. The summed E-state index contributed by atoms with van der Waals surface area (Å²) in [4.78, 5) is 40.0. The molecule has 0 saturated heterocycles. The van der Waals surface area contributed by atoms with E-state index in [1.807, 2.05) is 54.6 Å². The van der Waals surface area contributed by atoms with Gasteiger partial charge in [-0.05, 0) is 41.8 Å². The summed E-state index contributed by atoms with van der Waals surface area (Å²) in [7, 11) is 1.63. The van der Waals surface area contributed by atoms with Crippen LogP contribution in [0.1, 0.15) is 21.5 Å². The molecular formula is C27H23N3O4. The number of carbonyl (C=O) groups excluding carboxylic acids is 2. The fourth-order valence-electron chi connectivity index (χ4n) is 4.43. The smallest absolute Gasteiger partial charge is 0.267 e. The number of nitrogens with zero attached hydrogens (tertiary/aromatic N) is 2. The summed E-state index contributed by atoms with van der Waals surface area (Å²) in [5, 5.41) is 3.20. The summed E-state index contributed by atoms with van der Waals surface area (Å²) in [5.74, 6) is -0.185. The van der Waals surface area contributed by atoms with Crippen LogP contribution in [-0.2, 0) is 24.9 Å². The third kappa shape index (κ3) is 3.71. The van der Waals surface area contributed by atoms with Gasteiger partial charge in [-0.25, -0.2) is 0 Å². The lowest BCUT2D eigenvalue weighted by molar-refractivity contribution is -0.105. The maximum atomic E-state index is 13.8. The molecular weight excluding hydrogens is 430 g/mol. The highest BCUT2D eigenvalue weighted by atomic mass is 16.5. The number of ether oxygens (including phenoxy) is 1. The van der Waals surface area contributed by atoms with Gasteiger partial charge in [0, 0.05) is 30.4 Å². The van der Waals surface area contributed by atoms with Gasteiger partial charge in [-0.15, -0.1) is 0 Å². The van der Waals surface area contributed by atoms with Crippen molar-refractivity contribution in [1.82, 2.24) is 4.57 Å². The molecule has 1 aromatic heterocycles. The molecule has 5 rings (SSSR count). The van der Waals surface area contributed by atoms with Crippen LogP contribution in [0.15, 0.2) is 77.6 Å². The fourth-order valence-corrected chi connectivity index (χ4v) is 4.43. The summed E-state index contributed by atoms with van der Waals surface area (Å²) in [6, 6.07) is 22.4. The van der Waals surface area contributed by atoms with Crippen LogP contribution in [0.25, 0.3) is 10.9 Å². The third-order valence-electron chi connectivity index (χ3n) is 6.15. The van der Waals surface area contributed by atoms with Crippen LogP contribution < -0.4 is 20.5 Å². The number of pyridine rings is 1. The number of aromatic nitrogens is 1. The van der Waals surface area contributed by atoms with E-state index in [1.165, 1.54) is 4.57 Å². The van der Waals surface area contributed by atoms with Gasteiger partial charge >= 0.3 is 0 Å². The summed E-state index contributed by atoms with van der Waals surface area (Å²) in [6.07, 6.45) is 1.31. The van der Waals surface area contributed by atoms with Gasteiger partial charge in [0.2, 0.25) is 6.41 Å². The van der Waals surface area contributed by atoms with Gasteiger partial charge in [-0.3, -0.25) is 14.4 Å². The minimum atomic E-state index is -0.430. The standard InChI is InChI=1S/C27H23N3O4/c1-29-23-12-11-20(28-17-31)15-21(23)25(34-16-18-7-3-2-4-8-18)24(26(29)32)27(33)30-14-13-19-9-5-6-10-22(19)30/h2-12,15,17H,13-14,16H2,1H3,(H,28,31). The topological polar surface area (TPSA) is 80.6 Å². The SMILES string of the molecule is Cn1c(=O)c(C(=O)N2CCc3ccccc32)c(OCc2ccccc2)c2cc(NC=O)ccc21. The molecule has 1 aliphatic heterocycles. The average molecular weight is 453 g/mol. The molecule has 0 spiro atoms. The number of amides is 2. The predicted octanol–water partition coefficient (Wildman–Crippen LogP) is 3.89. The first-order chi connectivity index (χ1) is 16.6. The van der Waals surface area contributed by atoms with Crippen molar-refractivity contribution >= 4 is 34.6 Å². The van der Waals surface area contributed by atoms with E-state index in [9.17, 15) is 14.4 Å². The van der Waals surface area contributed by atoms with E-state index in [2.05, 4.69) is 5.32 Å². The molecule has 170 valence electrons. The number of anilines is 2. The number of nitrogens with one attached hydrogen (secondary N) is 1. The van der Waals surface area contributed by atoms with Gasteiger partial charge in [0.05, 0.1) is 5.52 Å². The number of aryl methyl sites for hydroxylation is 1. The molecule has 7 heteroatoms. The minimum absolute atomic E-state index is 0.0223. The zero-order chi connectivity index (χ0) is 23.7. The molecule has 3 aromatic carbocycles. The molecule has 1 aliphatic rings. The minimum Gasteiger partial charge on any atom is -0.487 e. The Balaban J connectivity index is 1.69. The normalized spacial score (nSPS) is 12.4. The van der Waals surface area contributed by atoms with Crippen molar-refractivity contribution in [3.63, 3.8) is 0 Å². The lowest BCUT2D eigenvalue weighted by atomic mass is 10.1. The van der Waals surface area contributed by atoms with Crippen molar-refractivity contribution < 1.29 is 14.3 Å². The highest BCUT2D eigenvalue weighted by Gasteiger charge is 2.31. The number of hydrogen-bond acceptors (Lipinski definition) is 4. The Morgan fingerprint density at radius 1 is 1.06 bits per heavy atom. The van der Waals surface area contributed by atoms with Crippen molar-refractivity contribution in [3.05, 3.63) is 99.8 Å². The molecule has 0 unspecified atom stereocenters. The number of fused-ring (bicyclic) bond motifs is 2. The van der Waals surface area contributed by atoms with Crippen molar-refractivity contribution in [2.24, 2.45) is 7.05 Å². The lowest BCUT2D eigenvalue weighted by Crippen LogP contribution is -2.36. The zero-order valence-corrected chi connectivity index (χ0v) is 18.7. The Labute approximate surface area is 196 Å².